The largest absolute Gasteiger partial charge is 0.400 e. The molecule has 4 aliphatic carbocycles. The lowest BCUT2D eigenvalue weighted by Gasteiger charge is -2.64. The maximum atomic E-state index is 11.5. The van der Waals surface area contributed by atoms with Gasteiger partial charge in [-0.25, -0.2) is 8.37 Å². The van der Waals surface area contributed by atoms with E-state index in [0.29, 0.717) is 24.7 Å². The van der Waals surface area contributed by atoms with Crippen molar-refractivity contribution >= 4 is 20.8 Å². The van der Waals surface area contributed by atoms with Gasteiger partial charge in [-0.15, -0.1) is 0 Å². The van der Waals surface area contributed by atoms with Crippen LogP contribution in [0.15, 0.2) is 0 Å². The number of hydrogen-bond donors (Lipinski definition) is 6. The van der Waals surface area contributed by atoms with Crippen LogP contribution in [0.2, 0.25) is 0 Å². The normalized spacial score (nSPS) is 45.3. The molecule has 0 aromatic carbocycles. The van der Waals surface area contributed by atoms with E-state index < -0.39 is 62.3 Å². The van der Waals surface area contributed by atoms with Crippen molar-refractivity contribution < 1.29 is 54.7 Å². The minimum absolute atomic E-state index is 0.00602. The van der Waals surface area contributed by atoms with Crippen molar-refractivity contribution in [2.75, 3.05) is 0 Å². The smallest absolute Gasteiger partial charge is 0.393 e. The number of hydrogen-bond acceptors (Lipinski definition) is 10. The number of rotatable bonds is 10. The first-order valence-corrected chi connectivity index (χ1v) is 17.5. The van der Waals surface area contributed by atoms with Gasteiger partial charge in [0.05, 0.1) is 6.10 Å². The summed E-state index contributed by atoms with van der Waals surface area (Å²) in [5.41, 5.74) is -0.434. The van der Waals surface area contributed by atoms with Gasteiger partial charge in [-0.05, 0) is 91.3 Å². The van der Waals surface area contributed by atoms with E-state index in [0.717, 1.165) is 38.5 Å². The van der Waals surface area contributed by atoms with Crippen LogP contribution in [0.4, 0.5) is 0 Å². The molecule has 4 saturated carbocycles. The molecule has 4 rings (SSSR count). The van der Waals surface area contributed by atoms with Crippen LogP contribution in [0.3, 0.4) is 0 Å². The second-order valence-corrected chi connectivity index (χ2v) is 16.1. The third-order valence-corrected chi connectivity index (χ3v) is 12.8. The first-order chi connectivity index (χ1) is 18.7. The molecule has 13 atom stereocenters. The molecule has 0 aliphatic heterocycles. The van der Waals surface area contributed by atoms with Crippen LogP contribution in [-0.4, -0.2) is 70.7 Å². The number of aliphatic hydroxyl groups is 4. The third kappa shape index (κ3) is 6.52. The molecule has 240 valence electrons. The molecule has 4 aliphatic rings. The van der Waals surface area contributed by atoms with E-state index in [-0.39, 0.29) is 36.0 Å². The zero-order valence-electron chi connectivity index (χ0n) is 24.3. The summed E-state index contributed by atoms with van der Waals surface area (Å²) >= 11 is 0. The second kappa shape index (κ2) is 11.5. The van der Waals surface area contributed by atoms with E-state index in [1.807, 2.05) is 0 Å². The molecule has 12 nitrogen and oxygen atoms in total. The minimum atomic E-state index is -4.99. The maximum Gasteiger partial charge on any atom is 0.400 e. The Hall–Kier alpha value is -0.420. The van der Waals surface area contributed by atoms with Gasteiger partial charge in [-0.1, -0.05) is 40.5 Å². The van der Waals surface area contributed by atoms with Crippen molar-refractivity contribution in [2.24, 2.45) is 52.3 Å². The molecule has 0 saturated heterocycles. The van der Waals surface area contributed by atoms with Gasteiger partial charge < -0.3 is 20.4 Å². The highest BCUT2D eigenvalue weighted by molar-refractivity contribution is 7.81. The quantitative estimate of drug-likeness (QED) is 0.152. The maximum absolute atomic E-state index is 11.5. The average molecular weight is 629 g/mol. The standard InChI is InChI=1S/C27H48O12S2/c1-15(6-5-7-16(2)24(30)38-40(32,33)34)17-8-9-18-22-19(10-11-25(17,18)3)26(4)12-13-27(31,39-41(35,36)37)23(29)20(26)14-21(22)28/h15-24,28-31H,5-14H2,1-4H3,(H,32,33,34)(H,35,36,37)/t15-,16?,17-,18+,19+,20?,21?,22+,23?,24?,25-,26-,27?/m1/s1. The Labute approximate surface area is 243 Å². The summed E-state index contributed by atoms with van der Waals surface area (Å²) in [6, 6.07) is 0. The third-order valence-electron chi connectivity index (χ3n) is 11.9. The minimum Gasteiger partial charge on any atom is -0.393 e. The fourth-order valence-electron chi connectivity index (χ4n) is 9.81. The van der Waals surface area contributed by atoms with Gasteiger partial charge in [0.15, 0.2) is 6.29 Å². The Kier molecular flexibility index (Phi) is 9.39. The lowest BCUT2D eigenvalue weighted by molar-refractivity contribution is -0.289. The van der Waals surface area contributed by atoms with Gasteiger partial charge in [0.2, 0.25) is 5.79 Å². The molecule has 6 unspecified atom stereocenters. The zero-order chi connectivity index (χ0) is 30.8. The van der Waals surface area contributed by atoms with Gasteiger partial charge in [-0.2, -0.15) is 16.8 Å². The van der Waals surface area contributed by atoms with Crippen LogP contribution >= 0.6 is 0 Å². The van der Waals surface area contributed by atoms with Crippen LogP contribution < -0.4 is 0 Å². The first kappa shape index (κ1) is 33.5. The zero-order valence-corrected chi connectivity index (χ0v) is 25.9. The van der Waals surface area contributed by atoms with Gasteiger partial charge in [0.25, 0.3) is 0 Å². The van der Waals surface area contributed by atoms with Crippen molar-refractivity contribution in [1.29, 1.82) is 0 Å². The summed E-state index contributed by atoms with van der Waals surface area (Å²) in [5, 5.41) is 43.3. The van der Waals surface area contributed by atoms with Gasteiger partial charge in [0, 0.05) is 12.3 Å². The van der Waals surface area contributed by atoms with Gasteiger partial charge in [-0.3, -0.25) is 9.11 Å². The van der Waals surface area contributed by atoms with Crippen molar-refractivity contribution in [3.63, 3.8) is 0 Å². The van der Waals surface area contributed by atoms with Gasteiger partial charge in [0.1, 0.15) is 6.10 Å². The Morgan fingerprint density at radius 3 is 2.10 bits per heavy atom. The van der Waals surface area contributed by atoms with Crippen molar-refractivity contribution in [3.8, 4) is 0 Å². The van der Waals surface area contributed by atoms with E-state index in [1.54, 1.807) is 6.92 Å². The van der Waals surface area contributed by atoms with Crippen molar-refractivity contribution in [1.82, 2.24) is 0 Å². The monoisotopic (exact) mass is 628 g/mol. The Morgan fingerprint density at radius 2 is 1.49 bits per heavy atom. The molecule has 0 aromatic rings. The molecule has 0 spiro atoms. The lowest BCUT2D eigenvalue weighted by atomic mass is 9.43. The summed E-state index contributed by atoms with van der Waals surface area (Å²) in [7, 11) is -9.72. The van der Waals surface area contributed by atoms with Crippen LogP contribution in [0, 0.1) is 52.3 Å². The Balaban J connectivity index is 1.43. The Bertz CT molecular complexity index is 1160. The number of fused-ring (bicyclic) bond motifs is 5. The highest BCUT2D eigenvalue weighted by Gasteiger charge is 2.66. The van der Waals surface area contributed by atoms with Crippen LogP contribution in [-0.2, 0) is 29.2 Å². The van der Waals surface area contributed by atoms with Crippen molar-refractivity contribution in [2.45, 2.75) is 116 Å². The highest BCUT2D eigenvalue weighted by atomic mass is 32.3. The summed E-state index contributed by atoms with van der Waals surface area (Å²) in [4.78, 5) is 0. The molecule has 0 aromatic heterocycles. The molecule has 0 heterocycles. The summed E-state index contributed by atoms with van der Waals surface area (Å²) in [6.07, 6.45) is 2.49. The lowest BCUT2D eigenvalue weighted by Crippen LogP contribution is -2.65. The summed E-state index contributed by atoms with van der Waals surface area (Å²) in [5.74, 6) is -2.34. The second-order valence-electron chi connectivity index (χ2n) is 14.0. The van der Waals surface area contributed by atoms with Crippen LogP contribution in [0.5, 0.6) is 0 Å². The first-order valence-electron chi connectivity index (χ1n) is 14.8. The predicted molar refractivity (Wildman–Crippen MR) is 146 cm³/mol. The fourth-order valence-corrected chi connectivity index (χ4v) is 10.8. The Morgan fingerprint density at radius 1 is 0.854 bits per heavy atom. The fraction of sp³-hybridized carbons (Fsp3) is 1.00. The molecule has 0 radical (unpaired) electrons. The molecular weight excluding hydrogens is 580 g/mol. The average Bonchev–Trinajstić information content (AvgIpc) is 3.18. The van der Waals surface area contributed by atoms with Crippen molar-refractivity contribution in [3.05, 3.63) is 0 Å². The van der Waals surface area contributed by atoms with Crippen LogP contribution in [0.25, 0.3) is 0 Å². The van der Waals surface area contributed by atoms with E-state index in [4.69, 9.17) is 4.55 Å². The topological polar surface area (TPSA) is 208 Å². The SMILES string of the molecule is CC(CCC[C@@H](C)[C@H]1CC[C@H]2[C@@H]3C(O)CC4C(O)C(O)(OS(=O)(=O)O)CC[C@]4(C)[C@H]3CC[C@]12C)C(O)OS(=O)(=O)O. The van der Waals surface area contributed by atoms with E-state index in [2.05, 4.69) is 29.1 Å². The summed E-state index contributed by atoms with van der Waals surface area (Å²) in [6.45, 7) is 8.29. The van der Waals surface area contributed by atoms with Crippen LogP contribution in [0.1, 0.15) is 91.9 Å². The molecule has 6 N–H and O–H groups in total. The van der Waals surface area contributed by atoms with E-state index >= 15 is 0 Å². The number of aliphatic hydroxyl groups excluding tert-OH is 3. The molecule has 4 fully saturated rings. The highest BCUT2D eigenvalue weighted by Crippen LogP contribution is 2.69. The molecule has 14 heteroatoms. The summed E-state index contributed by atoms with van der Waals surface area (Å²) < 4.78 is 71.3. The molecule has 0 bridgehead atoms. The molecule has 41 heavy (non-hydrogen) atoms. The van der Waals surface area contributed by atoms with Gasteiger partial charge >= 0.3 is 20.8 Å². The van der Waals surface area contributed by atoms with E-state index in [1.165, 1.54) is 0 Å². The van der Waals surface area contributed by atoms with E-state index in [9.17, 15) is 41.8 Å². The molecular formula is C27H48O12S2. The molecule has 0 amide bonds. The predicted octanol–water partition coefficient (Wildman–Crippen LogP) is 2.68.